The predicted molar refractivity (Wildman–Crippen MR) is 92.8 cm³/mol. The molecule has 0 aliphatic rings. The number of carbonyl (C=O) groups is 1. The fourth-order valence-electron chi connectivity index (χ4n) is 2.52. The number of nitrogens with zero attached hydrogens (tertiary/aromatic N) is 1. The van der Waals surface area contributed by atoms with Crippen LogP contribution in [0.1, 0.15) is 31.4 Å². The first-order valence-electron chi connectivity index (χ1n) is 8.01. The number of hydrogen-bond donors (Lipinski definition) is 0. The quantitative estimate of drug-likeness (QED) is 0.772. The molecule has 2 aromatic carbocycles. The minimum Gasteiger partial charge on any atom is -0.369 e. The zero-order valence-electron chi connectivity index (χ0n) is 14.2. The van der Waals surface area contributed by atoms with Crippen LogP contribution in [0.2, 0.25) is 0 Å². The van der Waals surface area contributed by atoms with Gasteiger partial charge >= 0.3 is 0 Å². The van der Waals surface area contributed by atoms with Gasteiger partial charge in [0.2, 0.25) is 0 Å². The number of rotatable bonds is 7. The van der Waals surface area contributed by atoms with Gasteiger partial charge in [0.25, 0.3) is 5.91 Å². The van der Waals surface area contributed by atoms with Crippen LogP contribution in [0, 0.1) is 0 Å². The molecule has 0 bridgehead atoms. The molecule has 0 saturated carbocycles. The third kappa shape index (κ3) is 4.42. The van der Waals surface area contributed by atoms with Crippen molar-refractivity contribution in [1.29, 1.82) is 0 Å². The van der Waals surface area contributed by atoms with Gasteiger partial charge in [-0.2, -0.15) is 0 Å². The van der Waals surface area contributed by atoms with Gasteiger partial charge < -0.3 is 9.64 Å². The van der Waals surface area contributed by atoms with Crippen molar-refractivity contribution in [2.75, 3.05) is 7.11 Å². The molecule has 2 rings (SSSR count). The maximum absolute atomic E-state index is 13.0. The molecule has 0 saturated heterocycles. The zero-order chi connectivity index (χ0) is 16.7. The number of carbonyl (C=O) groups excluding carboxylic acids is 1. The molecule has 23 heavy (non-hydrogen) atoms. The lowest BCUT2D eigenvalue weighted by Gasteiger charge is -2.33. The normalized spacial score (nSPS) is 13.3. The summed E-state index contributed by atoms with van der Waals surface area (Å²) in [6, 6.07) is 20.1. The summed E-state index contributed by atoms with van der Waals surface area (Å²) < 4.78 is 5.51. The van der Waals surface area contributed by atoms with E-state index in [4.69, 9.17) is 4.74 Å². The summed E-state index contributed by atoms with van der Waals surface area (Å²) in [6.45, 7) is 4.99. The standard InChI is InChI=1S/C20H25NO2/c1-4-20(2,23-3)19(22)21(15-17-11-7-5-8-12-17)16-18-13-9-6-10-14-18/h5-14H,4,15-16H2,1-3H3. The second-order valence-corrected chi connectivity index (χ2v) is 5.92. The van der Waals surface area contributed by atoms with Crippen LogP contribution in [-0.2, 0) is 22.6 Å². The van der Waals surface area contributed by atoms with Crippen LogP contribution in [-0.4, -0.2) is 23.5 Å². The lowest BCUT2D eigenvalue weighted by molar-refractivity contribution is -0.154. The monoisotopic (exact) mass is 311 g/mol. The summed E-state index contributed by atoms with van der Waals surface area (Å²) in [5.41, 5.74) is 1.45. The van der Waals surface area contributed by atoms with E-state index in [1.165, 1.54) is 0 Å². The molecule has 0 heterocycles. The molecule has 0 spiro atoms. The highest BCUT2D eigenvalue weighted by Crippen LogP contribution is 2.21. The Kier molecular flexibility index (Phi) is 5.94. The van der Waals surface area contributed by atoms with Crippen LogP contribution in [0.4, 0.5) is 0 Å². The van der Waals surface area contributed by atoms with Gasteiger partial charge in [-0.25, -0.2) is 0 Å². The lowest BCUT2D eigenvalue weighted by atomic mass is 10.00. The highest BCUT2D eigenvalue weighted by Gasteiger charge is 2.35. The molecule has 0 fully saturated rings. The molecule has 0 N–H and O–H groups in total. The van der Waals surface area contributed by atoms with E-state index in [1.807, 2.05) is 79.4 Å². The first-order valence-corrected chi connectivity index (χ1v) is 8.01. The molecule has 122 valence electrons. The van der Waals surface area contributed by atoms with Crippen LogP contribution in [0.3, 0.4) is 0 Å². The van der Waals surface area contributed by atoms with Gasteiger partial charge in [-0.3, -0.25) is 4.79 Å². The summed E-state index contributed by atoms with van der Waals surface area (Å²) in [5, 5.41) is 0. The van der Waals surface area contributed by atoms with Gasteiger partial charge in [-0.15, -0.1) is 0 Å². The summed E-state index contributed by atoms with van der Waals surface area (Å²) in [6.07, 6.45) is 0.641. The van der Waals surface area contributed by atoms with Gasteiger partial charge in [0.15, 0.2) is 0 Å². The van der Waals surface area contributed by atoms with E-state index in [1.54, 1.807) is 7.11 Å². The fraction of sp³-hybridized carbons (Fsp3) is 0.350. The Bertz CT molecular complexity index is 565. The van der Waals surface area contributed by atoms with Crippen molar-refractivity contribution in [3.63, 3.8) is 0 Å². The highest BCUT2D eigenvalue weighted by molar-refractivity contribution is 5.84. The smallest absolute Gasteiger partial charge is 0.255 e. The molecule has 1 atom stereocenters. The van der Waals surface area contributed by atoms with Crippen LogP contribution >= 0.6 is 0 Å². The summed E-state index contributed by atoms with van der Waals surface area (Å²) >= 11 is 0. The summed E-state index contributed by atoms with van der Waals surface area (Å²) in [7, 11) is 1.60. The molecule has 0 radical (unpaired) electrons. The van der Waals surface area contributed by atoms with Gasteiger partial charge in [-0.05, 0) is 24.5 Å². The van der Waals surface area contributed by atoms with E-state index < -0.39 is 5.60 Å². The van der Waals surface area contributed by atoms with E-state index in [2.05, 4.69) is 0 Å². The molecule has 3 heteroatoms. The van der Waals surface area contributed by atoms with Gasteiger partial charge in [0.1, 0.15) is 5.60 Å². The Balaban J connectivity index is 2.25. The molecule has 1 unspecified atom stereocenters. The number of ether oxygens (including phenoxy) is 1. The van der Waals surface area contributed by atoms with Crippen molar-refractivity contribution in [2.24, 2.45) is 0 Å². The first kappa shape index (κ1) is 17.2. The maximum atomic E-state index is 13.0. The molecule has 0 aliphatic carbocycles. The minimum atomic E-state index is -0.788. The van der Waals surface area contributed by atoms with Gasteiger partial charge in [0, 0.05) is 20.2 Å². The second-order valence-electron chi connectivity index (χ2n) is 5.92. The molecular formula is C20H25NO2. The summed E-state index contributed by atoms with van der Waals surface area (Å²) in [5.74, 6) is 0.0233. The molecule has 3 nitrogen and oxygen atoms in total. The molecule has 0 aliphatic heterocycles. The van der Waals surface area contributed by atoms with Crippen LogP contribution < -0.4 is 0 Å². The molecule has 0 aromatic heterocycles. The SMILES string of the molecule is CCC(C)(OC)C(=O)N(Cc1ccccc1)Cc1ccccc1. The Labute approximate surface area is 138 Å². The predicted octanol–water partition coefficient (Wildman–Crippen LogP) is 4.03. The lowest BCUT2D eigenvalue weighted by Crippen LogP contribution is -2.47. The van der Waals surface area contributed by atoms with Crippen molar-refractivity contribution < 1.29 is 9.53 Å². The average molecular weight is 311 g/mol. The molecular weight excluding hydrogens is 286 g/mol. The Hall–Kier alpha value is -2.13. The largest absolute Gasteiger partial charge is 0.369 e. The van der Waals surface area contributed by atoms with Crippen molar-refractivity contribution in [3.05, 3.63) is 71.8 Å². The molecule has 2 aromatic rings. The van der Waals surface area contributed by atoms with Gasteiger partial charge in [0.05, 0.1) is 0 Å². The van der Waals surface area contributed by atoms with E-state index >= 15 is 0 Å². The van der Waals surface area contributed by atoms with Crippen molar-refractivity contribution in [3.8, 4) is 0 Å². The Morgan fingerprint density at radius 2 is 1.39 bits per heavy atom. The highest BCUT2D eigenvalue weighted by atomic mass is 16.5. The van der Waals surface area contributed by atoms with Crippen LogP contribution in [0.25, 0.3) is 0 Å². The number of hydrogen-bond acceptors (Lipinski definition) is 2. The topological polar surface area (TPSA) is 29.5 Å². The van der Waals surface area contributed by atoms with Crippen LogP contribution in [0.15, 0.2) is 60.7 Å². The molecule has 1 amide bonds. The van der Waals surface area contributed by atoms with E-state index in [-0.39, 0.29) is 5.91 Å². The fourth-order valence-corrected chi connectivity index (χ4v) is 2.52. The van der Waals surface area contributed by atoms with Crippen LogP contribution in [0.5, 0.6) is 0 Å². The van der Waals surface area contributed by atoms with Crippen molar-refractivity contribution in [2.45, 2.75) is 39.0 Å². The Morgan fingerprint density at radius 3 is 1.74 bits per heavy atom. The third-order valence-electron chi connectivity index (χ3n) is 4.30. The minimum absolute atomic E-state index is 0.0233. The number of methoxy groups -OCH3 is 1. The maximum Gasteiger partial charge on any atom is 0.255 e. The van der Waals surface area contributed by atoms with Gasteiger partial charge in [-0.1, -0.05) is 67.6 Å². The van der Waals surface area contributed by atoms with Crippen molar-refractivity contribution in [1.82, 2.24) is 4.90 Å². The Morgan fingerprint density at radius 1 is 0.957 bits per heavy atom. The third-order valence-corrected chi connectivity index (χ3v) is 4.30. The summed E-state index contributed by atoms with van der Waals surface area (Å²) in [4.78, 5) is 14.9. The average Bonchev–Trinajstić information content (AvgIpc) is 2.61. The first-order chi connectivity index (χ1) is 11.1. The number of amides is 1. The van der Waals surface area contributed by atoms with E-state index in [0.717, 1.165) is 11.1 Å². The van der Waals surface area contributed by atoms with E-state index in [0.29, 0.717) is 19.5 Å². The second kappa shape index (κ2) is 7.93. The number of benzene rings is 2. The van der Waals surface area contributed by atoms with Crippen molar-refractivity contribution >= 4 is 5.91 Å². The van der Waals surface area contributed by atoms with E-state index in [9.17, 15) is 4.79 Å². The zero-order valence-corrected chi connectivity index (χ0v) is 14.2.